The quantitative estimate of drug-likeness (QED) is 0.758. The van der Waals surface area contributed by atoms with Gasteiger partial charge in [0, 0.05) is 22.7 Å². The molecule has 5 heteroatoms. The molecule has 4 nitrogen and oxygen atoms in total. The van der Waals surface area contributed by atoms with Crippen LogP contribution in [-0.2, 0) is 11.2 Å². The lowest BCUT2D eigenvalue weighted by atomic mass is 10.1. The summed E-state index contributed by atoms with van der Waals surface area (Å²) in [6.07, 6.45) is 4.87. The van der Waals surface area contributed by atoms with Crippen LogP contribution in [-0.4, -0.2) is 15.9 Å². The van der Waals surface area contributed by atoms with E-state index >= 15 is 0 Å². The first-order valence-corrected chi connectivity index (χ1v) is 7.89. The summed E-state index contributed by atoms with van der Waals surface area (Å²) in [6, 6.07) is 8.05. The van der Waals surface area contributed by atoms with E-state index in [1.54, 1.807) is 17.5 Å². The third-order valence-corrected chi connectivity index (χ3v) is 4.50. The van der Waals surface area contributed by atoms with Gasteiger partial charge in [-0.3, -0.25) is 4.79 Å². The molecule has 108 valence electrons. The molecule has 2 N–H and O–H groups in total. The maximum atomic E-state index is 12.3. The molecule has 0 aliphatic heterocycles. The van der Waals surface area contributed by atoms with Crippen molar-refractivity contribution in [2.24, 2.45) is 0 Å². The van der Waals surface area contributed by atoms with Crippen molar-refractivity contribution in [3.8, 4) is 0 Å². The van der Waals surface area contributed by atoms with Crippen LogP contribution < -0.4 is 5.32 Å². The van der Waals surface area contributed by atoms with Crippen molar-refractivity contribution in [2.75, 3.05) is 0 Å². The first-order valence-electron chi connectivity index (χ1n) is 7.01. The van der Waals surface area contributed by atoms with E-state index in [1.165, 1.54) is 4.88 Å². The second kappa shape index (κ2) is 6.10. The van der Waals surface area contributed by atoms with Crippen LogP contribution >= 0.6 is 11.3 Å². The Labute approximate surface area is 127 Å². The summed E-state index contributed by atoms with van der Waals surface area (Å²) in [5, 5.41) is 6.16. The standard InChI is InChI=1S/C16H17N3OS/c1-2-13(14-6-4-8-21-14)19-15(20)9-11-10-18-16-12(11)5-3-7-17-16/h3-8,10,13H,2,9H2,1H3,(H,17,18)(H,19,20)/t13-/m0/s1. The molecule has 0 fully saturated rings. The minimum absolute atomic E-state index is 0.0417. The van der Waals surface area contributed by atoms with Crippen LogP contribution in [0.2, 0.25) is 0 Å². The second-order valence-electron chi connectivity index (χ2n) is 4.93. The van der Waals surface area contributed by atoms with Crippen LogP contribution in [0.4, 0.5) is 0 Å². The molecule has 0 bridgehead atoms. The Bertz CT molecular complexity index is 733. The van der Waals surface area contributed by atoms with E-state index in [2.05, 4.69) is 28.3 Å². The van der Waals surface area contributed by atoms with E-state index in [1.807, 2.05) is 29.8 Å². The van der Waals surface area contributed by atoms with Crippen LogP contribution in [0.1, 0.15) is 29.8 Å². The van der Waals surface area contributed by atoms with Gasteiger partial charge in [0.05, 0.1) is 12.5 Å². The molecule has 3 heterocycles. The van der Waals surface area contributed by atoms with E-state index in [4.69, 9.17) is 0 Å². The highest BCUT2D eigenvalue weighted by atomic mass is 32.1. The van der Waals surface area contributed by atoms with Crippen molar-refractivity contribution < 1.29 is 4.79 Å². The second-order valence-corrected chi connectivity index (χ2v) is 5.91. The number of aromatic amines is 1. The Morgan fingerprint density at radius 1 is 1.43 bits per heavy atom. The molecule has 0 unspecified atom stereocenters. The lowest BCUT2D eigenvalue weighted by Crippen LogP contribution is -2.28. The number of carbonyl (C=O) groups excluding carboxylic acids is 1. The number of H-pyrrole nitrogens is 1. The fraction of sp³-hybridized carbons (Fsp3) is 0.250. The average molecular weight is 299 g/mol. The summed E-state index contributed by atoms with van der Waals surface area (Å²) < 4.78 is 0. The number of nitrogens with zero attached hydrogens (tertiary/aromatic N) is 1. The highest BCUT2D eigenvalue weighted by Crippen LogP contribution is 2.22. The van der Waals surface area contributed by atoms with Gasteiger partial charge >= 0.3 is 0 Å². The van der Waals surface area contributed by atoms with Crippen LogP contribution in [0.5, 0.6) is 0 Å². The van der Waals surface area contributed by atoms with Gasteiger partial charge in [0.15, 0.2) is 0 Å². The number of pyridine rings is 1. The van der Waals surface area contributed by atoms with Crippen molar-refractivity contribution in [3.05, 3.63) is 52.5 Å². The van der Waals surface area contributed by atoms with E-state index in [0.29, 0.717) is 6.42 Å². The average Bonchev–Trinajstić information content (AvgIpc) is 3.15. The number of carbonyl (C=O) groups is 1. The maximum Gasteiger partial charge on any atom is 0.225 e. The van der Waals surface area contributed by atoms with Gasteiger partial charge in [-0.1, -0.05) is 13.0 Å². The molecule has 3 rings (SSSR count). The fourth-order valence-corrected chi connectivity index (χ4v) is 3.30. The van der Waals surface area contributed by atoms with Gasteiger partial charge in [0.25, 0.3) is 0 Å². The van der Waals surface area contributed by atoms with Gasteiger partial charge in [-0.15, -0.1) is 11.3 Å². The lowest BCUT2D eigenvalue weighted by molar-refractivity contribution is -0.121. The first kappa shape index (κ1) is 13.8. The summed E-state index contributed by atoms with van der Waals surface area (Å²) in [6.45, 7) is 2.08. The minimum Gasteiger partial charge on any atom is -0.348 e. The molecule has 3 aromatic heterocycles. The SMILES string of the molecule is CC[C@H](NC(=O)Cc1c[nH]c2ncccc12)c1cccs1. The summed E-state index contributed by atoms with van der Waals surface area (Å²) in [5.41, 5.74) is 1.81. The highest BCUT2D eigenvalue weighted by Gasteiger charge is 2.15. The molecule has 3 aromatic rings. The third kappa shape index (κ3) is 2.97. The van der Waals surface area contributed by atoms with Crippen LogP contribution in [0.25, 0.3) is 11.0 Å². The fourth-order valence-electron chi connectivity index (χ4n) is 2.44. The Balaban J connectivity index is 1.71. The summed E-state index contributed by atoms with van der Waals surface area (Å²) >= 11 is 1.68. The monoisotopic (exact) mass is 299 g/mol. The zero-order valence-electron chi connectivity index (χ0n) is 11.8. The Morgan fingerprint density at radius 3 is 3.10 bits per heavy atom. The highest BCUT2D eigenvalue weighted by molar-refractivity contribution is 7.10. The predicted molar refractivity (Wildman–Crippen MR) is 85.3 cm³/mol. The lowest BCUT2D eigenvalue weighted by Gasteiger charge is -2.15. The normalized spacial score (nSPS) is 12.4. The van der Waals surface area contributed by atoms with Crippen LogP contribution in [0, 0.1) is 0 Å². The number of amides is 1. The number of thiophene rings is 1. The van der Waals surface area contributed by atoms with Crippen LogP contribution in [0.3, 0.4) is 0 Å². The van der Waals surface area contributed by atoms with Crippen LogP contribution in [0.15, 0.2) is 42.0 Å². The third-order valence-electron chi connectivity index (χ3n) is 3.52. The Hall–Kier alpha value is -2.14. The summed E-state index contributed by atoms with van der Waals surface area (Å²) in [4.78, 5) is 20.8. The number of aromatic nitrogens is 2. The smallest absolute Gasteiger partial charge is 0.225 e. The van der Waals surface area contributed by atoms with Crippen molar-refractivity contribution in [2.45, 2.75) is 25.8 Å². The molecule has 21 heavy (non-hydrogen) atoms. The Kier molecular flexibility index (Phi) is 4.01. The molecule has 1 atom stereocenters. The molecular weight excluding hydrogens is 282 g/mol. The largest absolute Gasteiger partial charge is 0.348 e. The molecule has 0 saturated carbocycles. The van der Waals surface area contributed by atoms with Gasteiger partial charge < -0.3 is 10.3 Å². The molecule has 0 spiro atoms. The van der Waals surface area contributed by atoms with Crippen molar-refractivity contribution in [1.29, 1.82) is 0 Å². The molecule has 0 aliphatic carbocycles. The van der Waals surface area contributed by atoms with Gasteiger partial charge in [0.1, 0.15) is 5.65 Å². The molecule has 1 amide bonds. The van der Waals surface area contributed by atoms with Gasteiger partial charge in [-0.2, -0.15) is 0 Å². The zero-order chi connectivity index (χ0) is 14.7. The number of rotatable bonds is 5. The first-order chi connectivity index (χ1) is 10.3. The summed E-state index contributed by atoms with van der Waals surface area (Å²) in [7, 11) is 0. The number of nitrogens with one attached hydrogen (secondary N) is 2. The molecule has 0 aromatic carbocycles. The predicted octanol–water partition coefficient (Wildman–Crippen LogP) is 3.43. The molecule has 0 aliphatic rings. The zero-order valence-corrected chi connectivity index (χ0v) is 12.6. The molecule has 0 saturated heterocycles. The van der Waals surface area contributed by atoms with Gasteiger partial charge in [0.2, 0.25) is 5.91 Å². The van der Waals surface area contributed by atoms with E-state index < -0.39 is 0 Å². The Morgan fingerprint density at radius 2 is 2.33 bits per heavy atom. The summed E-state index contributed by atoms with van der Waals surface area (Å²) in [5.74, 6) is 0.0417. The van der Waals surface area contributed by atoms with Gasteiger partial charge in [-0.25, -0.2) is 4.98 Å². The number of hydrogen-bond donors (Lipinski definition) is 2. The minimum atomic E-state index is 0.0417. The van der Waals surface area contributed by atoms with Crippen molar-refractivity contribution in [1.82, 2.24) is 15.3 Å². The van der Waals surface area contributed by atoms with E-state index in [9.17, 15) is 4.79 Å². The topological polar surface area (TPSA) is 57.8 Å². The number of hydrogen-bond acceptors (Lipinski definition) is 3. The van der Waals surface area contributed by atoms with E-state index in [0.717, 1.165) is 23.0 Å². The number of fused-ring (bicyclic) bond motifs is 1. The maximum absolute atomic E-state index is 12.3. The van der Waals surface area contributed by atoms with Gasteiger partial charge in [-0.05, 0) is 35.6 Å². The van der Waals surface area contributed by atoms with E-state index in [-0.39, 0.29) is 11.9 Å². The van der Waals surface area contributed by atoms with Crippen molar-refractivity contribution >= 4 is 28.3 Å². The van der Waals surface area contributed by atoms with Crippen molar-refractivity contribution in [3.63, 3.8) is 0 Å². The molecular formula is C16H17N3OS. The molecule has 0 radical (unpaired) electrons.